The van der Waals surface area contributed by atoms with Crippen molar-refractivity contribution in [3.63, 3.8) is 0 Å². The molecule has 0 amide bonds. The number of sulfonamides is 1. The molecule has 5 nitrogen and oxygen atoms in total. The molecule has 0 aliphatic carbocycles. The molecule has 0 radical (unpaired) electrons. The molecule has 0 unspecified atom stereocenters. The number of fused-ring (bicyclic) bond motifs is 1. The lowest BCUT2D eigenvalue weighted by Gasteiger charge is -2.16. The Kier molecular flexibility index (Phi) is 3.12. The maximum absolute atomic E-state index is 12.9. The second kappa shape index (κ2) is 4.58. The maximum atomic E-state index is 12.9. The summed E-state index contributed by atoms with van der Waals surface area (Å²) >= 11 is 0. The smallest absolute Gasteiger partial charge is 0.245 e. The van der Waals surface area contributed by atoms with Crippen LogP contribution in [0.3, 0.4) is 0 Å². The first-order valence-electron chi connectivity index (χ1n) is 6.72. The summed E-state index contributed by atoms with van der Waals surface area (Å²) in [4.78, 5) is 0.421. The van der Waals surface area contributed by atoms with Gasteiger partial charge >= 0.3 is 0 Å². The first-order chi connectivity index (χ1) is 9.43. The molecule has 20 heavy (non-hydrogen) atoms. The molecule has 6 heteroatoms. The van der Waals surface area contributed by atoms with Crippen LogP contribution in [0, 0.1) is 6.92 Å². The zero-order valence-corrected chi connectivity index (χ0v) is 12.5. The molecule has 1 aromatic heterocycles. The molecule has 0 bridgehead atoms. The van der Waals surface area contributed by atoms with Crippen molar-refractivity contribution in [3.8, 4) is 0 Å². The van der Waals surface area contributed by atoms with Crippen molar-refractivity contribution < 1.29 is 8.42 Å². The second-order valence-electron chi connectivity index (χ2n) is 5.40. The van der Waals surface area contributed by atoms with E-state index in [-0.39, 0.29) is 6.04 Å². The Morgan fingerprint density at radius 3 is 2.65 bits per heavy atom. The summed E-state index contributed by atoms with van der Waals surface area (Å²) < 4.78 is 29.2. The van der Waals surface area contributed by atoms with Crippen LogP contribution < -0.4 is 5.73 Å². The Labute approximate surface area is 119 Å². The summed E-state index contributed by atoms with van der Waals surface area (Å²) in [5.41, 5.74) is 7.55. The van der Waals surface area contributed by atoms with Gasteiger partial charge in [-0.15, -0.1) is 0 Å². The third kappa shape index (κ3) is 1.87. The van der Waals surface area contributed by atoms with Gasteiger partial charge in [0.15, 0.2) is 0 Å². The van der Waals surface area contributed by atoms with Gasteiger partial charge in [0.1, 0.15) is 4.90 Å². The number of nitrogens with two attached hydrogens (primary N) is 1. The van der Waals surface area contributed by atoms with E-state index in [0.717, 1.165) is 23.0 Å². The van der Waals surface area contributed by atoms with E-state index in [1.165, 1.54) is 4.31 Å². The first-order valence-corrected chi connectivity index (χ1v) is 8.16. The van der Waals surface area contributed by atoms with Gasteiger partial charge in [0.05, 0.1) is 0 Å². The lowest BCUT2D eigenvalue weighted by atomic mass is 10.2. The molecule has 1 aromatic carbocycles. The lowest BCUT2D eigenvalue weighted by molar-refractivity contribution is 0.472. The Morgan fingerprint density at radius 2 is 2.00 bits per heavy atom. The van der Waals surface area contributed by atoms with Crippen molar-refractivity contribution in [2.75, 3.05) is 13.1 Å². The predicted octanol–water partition coefficient (Wildman–Crippen LogP) is 1.21. The van der Waals surface area contributed by atoms with Crippen molar-refractivity contribution in [1.82, 2.24) is 8.87 Å². The predicted molar refractivity (Wildman–Crippen MR) is 79.0 cm³/mol. The number of rotatable bonds is 2. The second-order valence-corrected chi connectivity index (χ2v) is 7.28. The van der Waals surface area contributed by atoms with Crippen LogP contribution in [0.5, 0.6) is 0 Å². The number of para-hydroxylation sites is 1. The molecular formula is C14H19N3O2S. The Balaban J connectivity index is 2.22. The quantitative estimate of drug-likeness (QED) is 0.905. The summed E-state index contributed by atoms with van der Waals surface area (Å²) in [5.74, 6) is 0. The minimum Gasteiger partial charge on any atom is -0.347 e. The summed E-state index contributed by atoms with van der Waals surface area (Å²) in [5, 5.41) is 0.785. The first kappa shape index (κ1) is 13.6. The van der Waals surface area contributed by atoms with E-state index in [1.54, 1.807) is 0 Å². The molecule has 2 heterocycles. The van der Waals surface area contributed by atoms with E-state index in [0.29, 0.717) is 18.0 Å². The lowest BCUT2D eigenvalue weighted by Crippen LogP contribution is -2.32. The summed E-state index contributed by atoms with van der Waals surface area (Å²) in [6.07, 6.45) is 0.725. The molecule has 1 aliphatic heterocycles. The van der Waals surface area contributed by atoms with Crippen LogP contribution in [0.1, 0.15) is 12.1 Å². The van der Waals surface area contributed by atoms with Crippen LogP contribution in [0.2, 0.25) is 0 Å². The largest absolute Gasteiger partial charge is 0.347 e. The molecule has 2 N–H and O–H groups in total. The van der Waals surface area contributed by atoms with Crippen LogP contribution in [-0.4, -0.2) is 36.4 Å². The van der Waals surface area contributed by atoms with Gasteiger partial charge in [-0.2, -0.15) is 4.31 Å². The SMILES string of the molecule is Cc1c(S(=O)(=O)N2CC[C@H](N)C2)c2ccccc2n1C. The van der Waals surface area contributed by atoms with Gasteiger partial charge in [-0.3, -0.25) is 0 Å². The summed E-state index contributed by atoms with van der Waals surface area (Å²) in [7, 11) is -1.58. The third-order valence-electron chi connectivity index (χ3n) is 4.13. The van der Waals surface area contributed by atoms with Gasteiger partial charge in [-0.05, 0) is 19.4 Å². The van der Waals surface area contributed by atoms with Gasteiger partial charge in [0.25, 0.3) is 0 Å². The zero-order chi connectivity index (χ0) is 14.5. The number of aromatic nitrogens is 1. The van der Waals surface area contributed by atoms with Crippen molar-refractivity contribution in [3.05, 3.63) is 30.0 Å². The Bertz CT molecular complexity index is 764. The number of aryl methyl sites for hydroxylation is 1. The maximum Gasteiger partial charge on any atom is 0.245 e. The van der Waals surface area contributed by atoms with Gasteiger partial charge in [-0.1, -0.05) is 18.2 Å². The van der Waals surface area contributed by atoms with E-state index in [9.17, 15) is 8.42 Å². The van der Waals surface area contributed by atoms with E-state index < -0.39 is 10.0 Å². The van der Waals surface area contributed by atoms with E-state index in [2.05, 4.69) is 0 Å². The topological polar surface area (TPSA) is 68.3 Å². The number of benzene rings is 1. The molecular weight excluding hydrogens is 274 g/mol. The Morgan fingerprint density at radius 1 is 1.30 bits per heavy atom. The fourth-order valence-corrected chi connectivity index (χ4v) is 4.87. The van der Waals surface area contributed by atoms with E-state index in [1.807, 2.05) is 42.8 Å². The van der Waals surface area contributed by atoms with Gasteiger partial charge < -0.3 is 10.3 Å². The highest BCUT2D eigenvalue weighted by atomic mass is 32.2. The van der Waals surface area contributed by atoms with Crippen LogP contribution in [-0.2, 0) is 17.1 Å². The minimum absolute atomic E-state index is 0.0555. The molecule has 0 saturated carbocycles. The van der Waals surface area contributed by atoms with Gasteiger partial charge in [-0.25, -0.2) is 8.42 Å². The molecule has 2 aromatic rings. The molecule has 1 saturated heterocycles. The zero-order valence-electron chi connectivity index (χ0n) is 11.7. The fraction of sp³-hybridized carbons (Fsp3) is 0.429. The number of nitrogens with zero attached hydrogens (tertiary/aromatic N) is 2. The minimum atomic E-state index is -3.48. The highest BCUT2D eigenvalue weighted by Gasteiger charge is 2.34. The molecule has 1 atom stereocenters. The summed E-state index contributed by atoms with van der Waals surface area (Å²) in [6.45, 7) is 2.76. The van der Waals surface area contributed by atoms with Crippen molar-refractivity contribution in [2.24, 2.45) is 12.8 Å². The van der Waals surface area contributed by atoms with Crippen molar-refractivity contribution in [1.29, 1.82) is 0 Å². The molecule has 1 fully saturated rings. The third-order valence-corrected chi connectivity index (χ3v) is 6.17. The van der Waals surface area contributed by atoms with E-state index in [4.69, 9.17) is 5.73 Å². The monoisotopic (exact) mass is 293 g/mol. The average Bonchev–Trinajstić information content (AvgIpc) is 2.95. The fourth-order valence-electron chi connectivity index (χ4n) is 2.91. The molecule has 3 rings (SSSR count). The molecule has 108 valence electrons. The highest BCUT2D eigenvalue weighted by Crippen LogP contribution is 2.32. The van der Waals surface area contributed by atoms with Crippen LogP contribution in [0.4, 0.5) is 0 Å². The van der Waals surface area contributed by atoms with E-state index >= 15 is 0 Å². The molecule has 0 spiro atoms. The number of hydrogen-bond donors (Lipinski definition) is 1. The van der Waals surface area contributed by atoms with Crippen molar-refractivity contribution in [2.45, 2.75) is 24.3 Å². The average molecular weight is 293 g/mol. The van der Waals surface area contributed by atoms with Gasteiger partial charge in [0.2, 0.25) is 10.0 Å². The molecule has 1 aliphatic rings. The highest BCUT2D eigenvalue weighted by molar-refractivity contribution is 7.89. The standard InChI is InChI=1S/C14H19N3O2S/c1-10-14(12-5-3-4-6-13(12)16(10)2)20(18,19)17-8-7-11(15)9-17/h3-6,11H,7-9,15H2,1-2H3/t11-/m0/s1. The number of hydrogen-bond acceptors (Lipinski definition) is 3. The van der Waals surface area contributed by atoms with Crippen LogP contribution >= 0.6 is 0 Å². The van der Waals surface area contributed by atoms with Crippen LogP contribution in [0.15, 0.2) is 29.2 Å². The summed E-state index contributed by atoms with van der Waals surface area (Å²) in [6, 6.07) is 7.54. The van der Waals surface area contributed by atoms with Gasteiger partial charge in [0, 0.05) is 42.8 Å². The van der Waals surface area contributed by atoms with Crippen LogP contribution in [0.25, 0.3) is 10.9 Å². The normalized spacial score (nSPS) is 20.9. The van der Waals surface area contributed by atoms with Crippen molar-refractivity contribution >= 4 is 20.9 Å². The Hall–Kier alpha value is -1.37.